The molecule has 2 amide bonds. The quantitative estimate of drug-likeness (QED) is 0.127. The molecule has 0 aliphatic carbocycles. The van der Waals surface area contributed by atoms with Crippen LogP contribution in [0.4, 0.5) is 8.78 Å². The zero-order valence-corrected chi connectivity index (χ0v) is 36.2. The summed E-state index contributed by atoms with van der Waals surface area (Å²) in [6, 6.07) is 32.5. The highest BCUT2D eigenvalue weighted by atomic mass is 79.9. The number of rotatable bonds is 12. The van der Waals surface area contributed by atoms with Crippen LogP contribution in [0.15, 0.2) is 137 Å². The summed E-state index contributed by atoms with van der Waals surface area (Å²) in [7, 11) is 1.73. The molecule has 3 heterocycles. The van der Waals surface area contributed by atoms with Gasteiger partial charge in [-0.3, -0.25) is 14.4 Å². The standard InChI is InChI=1S/C28H31FN2O3.C22H23BrFNO/c1-20(21-4-6-22(7-5-21)23-8-13-26(33)30(2)19-23)31-16-15-28(14-3-17-32,18-27(31)34)24-9-11-25(29)12-10-24;1-3-12-22(18-6-10-20(24)11-7-18)13-14-25(21(26)15-22)16(2)17-4-8-19(23)9-5-17/h4-13,19-20,32H,3,14-18H2,1-2H3;3-11,16H,1,12-15H2,2H3/t20-,28+;16-,22+/m00/s1. The number of aliphatic hydroxyl groups is 1. The van der Waals surface area contributed by atoms with Crippen LogP contribution in [-0.4, -0.2) is 51.0 Å². The minimum Gasteiger partial charge on any atom is -0.396 e. The molecule has 5 aromatic rings. The molecule has 4 aromatic carbocycles. The van der Waals surface area contributed by atoms with Crippen molar-refractivity contribution >= 4 is 27.7 Å². The molecule has 1 aromatic heterocycles. The number of allylic oxidation sites excluding steroid dienone is 1. The molecule has 0 radical (unpaired) electrons. The summed E-state index contributed by atoms with van der Waals surface area (Å²) in [5, 5.41) is 9.42. The molecule has 0 unspecified atom stereocenters. The molecule has 2 aliphatic rings. The van der Waals surface area contributed by atoms with E-state index >= 15 is 0 Å². The predicted octanol–water partition coefficient (Wildman–Crippen LogP) is 10.4. The molecule has 314 valence electrons. The van der Waals surface area contributed by atoms with E-state index in [1.54, 1.807) is 41.9 Å². The van der Waals surface area contributed by atoms with Gasteiger partial charge in [-0.1, -0.05) is 82.7 Å². The topological polar surface area (TPSA) is 82.8 Å². The lowest BCUT2D eigenvalue weighted by Crippen LogP contribution is -2.47. The Morgan fingerprint density at radius 3 is 1.65 bits per heavy atom. The summed E-state index contributed by atoms with van der Waals surface area (Å²) in [4.78, 5) is 41.9. The number of hydrogen-bond acceptors (Lipinski definition) is 4. The maximum atomic E-state index is 13.5. The summed E-state index contributed by atoms with van der Waals surface area (Å²) in [6.07, 6.45) is 8.07. The first kappa shape index (κ1) is 44.4. The number of carbonyl (C=O) groups is 2. The molecule has 0 bridgehead atoms. The Balaban J connectivity index is 0.000000209. The fraction of sp³-hybridized carbons (Fsp3) is 0.340. The number of likely N-dealkylation sites (tertiary alicyclic amines) is 2. The number of carbonyl (C=O) groups excluding carboxylic acids is 2. The Morgan fingerprint density at radius 1 is 0.700 bits per heavy atom. The number of aromatic nitrogens is 1. The number of aliphatic hydroxyl groups excluding tert-OH is 1. The summed E-state index contributed by atoms with van der Waals surface area (Å²) in [5.41, 5.74) is 5.41. The summed E-state index contributed by atoms with van der Waals surface area (Å²) >= 11 is 3.45. The van der Waals surface area contributed by atoms with Crippen molar-refractivity contribution in [2.24, 2.45) is 7.05 Å². The van der Waals surface area contributed by atoms with Crippen molar-refractivity contribution in [3.63, 3.8) is 0 Å². The third-order valence-corrected chi connectivity index (χ3v) is 13.2. The highest BCUT2D eigenvalue weighted by Gasteiger charge is 2.42. The van der Waals surface area contributed by atoms with Crippen LogP contribution in [-0.2, 0) is 27.5 Å². The molecule has 7 rings (SSSR count). The number of piperidine rings is 2. The second-order valence-corrected chi connectivity index (χ2v) is 17.2. The van der Waals surface area contributed by atoms with Crippen molar-refractivity contribution < 1.29 is 23.5 Å². The van der Waals surface area contributed by atoms with Crippen LogP contribution in [0.25, 0.3) is 11.1 Å². The fourth-order valence-corrected chi connectivity index (χ4v) is 9.22. The van der Waals surface area contributed by atoms with Crippen molar-refractivity contribution in [2.75, 3.05) is 19.7 Å². The predicted molar refractivity (Wildman–Crippen MR) is 237 cm³/mol. The first-order valence-electron chi connectivity index (χ1n) is 20.6. The minimum atomic E-state index is -0.378. The SMILES string of the molecule is C=CC[C@@]1(c2ccc(F)cc2)CCN([C@@H](C)c2ccc(Br)cc2)C(=O)C1.C[C@@H](c1ccc(-c2ccc(=O)n(C)c2)cc1)N1CC[C@@](CCCO)(c2ccc(F)cc2)CC1=O. The van der Waals surface area contributed by atoms with Gasteiger partial charge in [-0.05, 0) is 122 Å². The van der Waals surface area contributed by atoms with E-state index in [9.17, 15) is 28.3 Å². The zero-order chi connectivity index (χ0) is 43.0. The van der Waals surface area contributed by atoms with Gasteiger partial charge in [-0.2, -0.15) is 0 Å². The number of pyridine rings is 1. The van der Waals surface area contributed by atoms with Crippen molar-refractivity contribution in [2.45, 2.75) is 81.7 Å². The molecule has 0 saturated carbocycles. The van der Waals surface area contributed by atoms with Crippen LogP contribution in [0, 0.1) is 11.6 Å². The van der Waals surface area contributed by atoms with Gasteiger partial charge >= 0.3 is 0 Å². The molecule has 2 fully saturated rings. The van der Waals surface area contributed by atoms with E-state index in [2.05, 4.69) is 29.4 Å². The molecule has 7 nitrogen and oxygen atoms in total. The van der Waals surface area contributed by atoms with Gasteiger partial charge in [0.15, 0.2) is 0 Å². The van der Waals surface area contributed by atoms with Gasteiger partial charge in [0.1, 0.15) is 11.6 Å². The zero-order valence-electron chi connectivity index (χ0n) is 34.6. The molecular weight excluding hydrogens is 824 g/mol. The van der Waals surface area contributed by atoms with Crippen molar-refractivity contribution in [1.82, 2.24) is 14.4 Å². The average Bonchev–Trinajstić information content (AvgIpc) is 3.24. The minimum absolute atomic E-state index is 0.0329. The average molecular weight is 879 g/mol. The van der Waals surface area contributed by atoms with Crippen LogP contribution in [0.1, 0.15) is 93.1 Å². The Labute approximate surface area is 360 Å². The molecule has 0 spiro atoms. The van der Waals surface area contributed by atoms with Crippen LogP contribution < -0.4 is 5.56 Å². The number of benzene rings is 4. The molecule has 1 N–H and O–H groups in total. The Hall–Kier alpha value is -5.19. The van der Waals surface area contributed by atoms with Crippen LogP contribution in [0.5, 0.6) is 0 Å². The van der Waals surface area contributed by atoms with E-state index in [1.807, 2.05) is 83.6 Å². The summed E-state index contributed by atoms with van der Waals surface area (Å²) in [5.74, 6) is -0.337. The Bertz CT molecular complexity index is 2310. The summed E-state index contributed by atoms with van der Waals surface area (Å²) in [6.45, 7) is 9.34. The van der Waals surface area contributed by atoms with Crippen molar-refractivity contribution in [3.05, 3.63) is 177 Å². The Morgan fingerprint density at radius 2 is 1.17 bits per heavy atom. The fourth-order valence-electron chi connectivity index (χ4n) is 8.96. The molecule has 2 saturated heterocycles. The van der Waals surface area contributed by atoms with Gasteiger partial charge in [0.25, 0.3) is 0 Å². The first-order valence-corrected chi connectivity index (χ1v) is 21.4. The highest BCUT2D eigenvalue weighted by molar-refractivity contribution is 9.10. The van der Waals surface area contributed by atoms with E-state index in [0.29, 0.717) is 45.2 Å². The number of hydrogen-bond donors (Lipinski definition) is 1. The van der Waals surface area contributed by atoms with Crippen molar-refractivity contribution in [3.8, 4) is 11.1 Å². The van der Waals surface area contributed by atoms with E-state index in [1.165, 1.54) is 24.3 Å². The lowest BCUT2D eigenvalue weighted by molar-refractivity contribution is -0.139. The van der Waals surface area contributed by atoms with E-state index < -0.39 is 0 Å². The Kier molecular flexibility index (Phi) is 14.4. The smallest absolute Gasteiger partial charge is 0.250 e. The molecule has 60 heavy (non-hydrogen) atoms. The van der Waals surface area contributed by atoms with Crippen LogP contribution >= 0.6 is 15.9 Å². The van der Waals surface area contributed by atoms with E-state index in [4.69, 9.17) is 0 Å². The lowest BCUT2D eigenvalue weighted by Gasteiger charge is -2.44. The third kappa shape index (κ3) is 10.0. The van der Waals surface area contributed by atoms with Gasteiger partial charge in [-0.25, -0.2) is 8.78 Å². The number of nitrogens with zero attached hydrogens (tertiary/aromatic N) is 3. The van der Waals surface area contributed by atoms with E-state index in [-0.39, 0.29) is 58.5 Å². The van der Waals surface area contributed by atoms with Crippen LogP contribution in [0.2, 0.25) is 0 Å². The maximum absolute atomic E-state index is 13.5. The monoisotopic (exact) mass is 877 g/mol. The number of halogens is 3. The number of amides is 2. The highest BCUT2D eigenvalue weighted by Crippen LogP contribution is 2.43. The van der Waals surface area contributed by atoms with Gasteiger partial charge in [0.2, 0.25) is 17.4 Å². The van der Waals surface area contributed by atoms with Gasteiger partial charge in [0, 0.05) is 67.2 Å². The normalized spacial score (nSPS) is 20.2. The maximum Gasteiger partial charge on any atom is 0.250 e. The molecule has 10 heteroatoms. The lowest BCUT2D eigenvalue weighted by atomic mass is 9.69. The van der Waals surface area contributed by atoms with Crippen LogP contribution in [0.3, 0.4) is 0 Å². The largest absolute Gasteiger partial charge is 0.396 e. The van der Waals surface area contributed by atoms with Gasteiger partial charge in [0.05, 0.1) is 12.1 Å². The van der Waals surface area contributed by atoms with Gasteiger partial charge < -0.3 is 19.5 Å². The molecule has 4 atom stereocenters. The van der Waals surface area contributed by atoms with E-state index in [0.717, 1.165) is 50.7 Å². The van der Waals surface area contributed by atoms with Gasteiger partial charge in [-0.15, -0.1) is 6.58 Å². The second-order valence-electron chi connectivity index (χ2n) is 16.3. The molecular formula is C50H54BrF2N3O4. The van der Waals surface area contributed by atoms with Crippen molar-refractivity contribution in [1.29, 1.82) is 0 Å². The third-order valence-electron chi connectivity index (χ3n) is 12.6. The molecule has 2 aliphatic heterocycles. The number of aryl methyl sites for hydroxylation is 1. The summed E-state index contributed by atoms with van der Waals surface area (Å²) < 4.78 is 29.4. The first-order chi connectivity index (χ1) is 28.8. The second kappa shape index (κ2) is 19.5.